The SMILES string of the molecule is CC(O)c1ccc(N(C)CCC(F)(F)F)cc1O. The monoisotopic (exact) mass is 263 g/mol. The number of hydrogen-bond acceptors (Lipinski definition) is 3. The maximum Gasteiger partial charge on any atom is 0.390 e. The van der Waals surface area contributed by atoms with Crippen LogP contribution in [0.3, 0.4) is 0 Å². The first-order chi connectivity index (χ1) is 8.20. The molecule has 1 aromatic carbocycles. The molecule has 0 bridgehead atoms. The summed E-state index contributed by atoms with van der Waals surface area (Å²) in [6, 6.07) is 4.41. The second-order valence-corrected chi connectivity index (χ2v) is 4.21. The number of aromatic hydroxyl groups is 1. The number of aliphatic hydroxyl groups is 1. The molecule has 0 amide bonds. The van der Waals surface area contributed by atoms with Gasteiger partial charge >= 0.3 is 6.18 Å². The number of hydrogen-bond donors (Lipinski definition) is 2. The van der Waals surface area contributed by atoms with Crippen LogP contribution in [0.25, 0.3) is 0 Å². The van der Waals surface area contributed by atoms with E-state index in [0.29, 0.717) is 11.3 Å². The highest BCUT2D eigenvalue weighted by molar-refractivity contribution is 5.53. The summed E-state index contributed by atoms with van der Waals surface area (Å²) < 4.78 is 36.2. The lowest BCUT2D eigenvalue weighted by Gasteiger charge is -2.21. The van der Waals surface area contributed by atoms with E-state index in [2.05, 4.69) is 0 Å². The van der Waals surface area contributed by atoms with E-state index >= 15 is 0 Å². The van der Waals surface area contributed by atoms with Gasteiger partial charge in [0.25, 0.3) is 0 Å². The third-order valence-corrected chi connectivity index (χ3v) is 2.64. The van der Waals surface area contributed by atoms with Gasteiger partial charge < -0.3 is 15.1 Å². The predicted octanol–water partition coefficient (Wildman–Crippen LogP) is 2.83. The number of anilines is 1. The molecule has 0 spiro atoms. The molecule has 0 radical (unpaired) electrons. The number of rotatable bonds is 4. The summed E-state index contributed by atoms with van der Waals surface area (Å²) in [4.78, 5) is 1.40. The van der Waals surface area contributed by atoms with E-state index in [1.54, 1.807) is 6.07 Å². The van der Waals surface area contributed by atoms with Gasteiger partial charge in [0.15, 0.2) is 0 Å². The Kier molecular flexibility index (Phi) is 4.45. The Morgan fingerprint density at radius 3 is 2.39 bits per heavy atom. The van der Waals surface area contributed by atoms with E-state index < -0.39 is 18.7 Å². The summed E-state index contributed by atoms with van der Waals surface area (Å²) in [6.45, 7) is 1.32. The lowest BCUT2D eigenvalue weighted by atomic mass is 10.1. The number of phenolic OH excluding ortho intramolecular Hbond substituents is 1. The molecule has 0 aliphatic heterocycles. The number of nitrogens with zero attached hydrogens (tertiary/aromatic N) is 1. The van der Waals surface area contributed by atoms with E-state index in [-0.39, 0.29) is 12.3 Å². The van der Waals surface area contributed by atoms with Crippen molar-refractivity contribution in [2.75, 3.05) is 18.5 Å². The molecule has 0 saturated carbocycles. The molecule has 1 rings (SSSR count). The highest BCUT2D eigenvalue weighted by atomic mass is 19.4. The molecule has 102 valence electrons. The average molecular weight is 263 g/mol. The lowest BCUT2D eigenvalue weighted by molar-refractivity contribution is -0.132. The maximum absolute atomic E-state index is 12.1. The number of aliphatic hydroxyl groups excluding tert-OH is 1. The van der Waals surface area contributed by atoms with Gasteiger partial charge in [0.2, 0.25) is 0 Å². The first-order valence-electron chi connectivity index (χ1n) is 5.49. The Morgan fingerprint density at radius 2 is 1.94 bits per heavy atom. The van der Waals surface area contributed by atoms with Gasteiger partial charge in [0.1, 0.15) is 5.75 Å². The molecule has 0 aliphatic rings. The second-order valence-electron chi connectivity index (χ2n) is 4.21. The normalized spacial score (nSPS) is 13.4. The fourth-order valence-electron chi connectivity index (χ4n) is 1.55. The highest BCUT2D eigenvalue weighted by Gasteiger charge is 2.27. The number of alkyl halides is 3. The van der Waals surface area contributed by atoms with Crippen LogP contribution in [0.4, 0.5) is 18.9 Å². The Labute approximate surface area is 103 Å². The van der Waals surface area contributed by atoms with E-state index in [1.807, 2.05) is 0 Å². The van der Waals surface area contributed by atoms with Crippen LogP contribution in [-0.2, 0) is 0 Å². The minimum Gasteiger partial charge on any atom is -0.507 e. The van der Waals surface area contributed by atoms with Crippen molar-refractivity contribution in [2.45, 2.75) is 25.6 Å². The van der Waals surface area contributed by atoms with Crippen molar-refractivity contribution in [1.29, 1.82) is 0 Å². The summed E-state index contributed by atoms with van der Waals surface area (Å²) >= 11 is 0. The van der Waals surface area contributed by atoms with E-state index in [4.69, 9.17) is 0 Å². The van der Waals surface area contributed by atoms with Crippen LogP contribution >= 0.6 is 0 Å². The molecule has 2 N–H and O–H groups in total. The topological polar surface area (TPSA) is 43.7 Å². The molecule has 0 fully saturated rings. The zero-order valence-electron chi connectivity index (χ0n) is 10.2. The van der Waals surface area contributed by atoms with Crippen LogP contribution < -0.4 is 4.90 Å². The van der Waals surface area contributed by atoms with Gasteiger partial charge in [0.05, 0.1) is 12.5 Å². The van der Waals surface area contributed by atoms with Gasteiger partial charge in [-0.25, -0.2) is 0 Å². The van der Waals surface area contributed by atoms with Gasteiger partial charge in [-0.2, -0.15) is 13.2 Å². The van der Waals surface area contributed by atoms with Gasteiger partial charge in [-0.1, -0.05) is 6.07 Å². The van der Waals surface area contributed by atoms with Crippen LogP contribution in [0, 0.1) is 0 Å². The van der Waals surface area contributed by atoms with Gasteiger partial charge in [-0.15, -0.1) is 0 Å². The number of halogens is 3. The first kappa shape index (κ1) is 14.6. The molecule has 1 aromatic rings. The van der Waals surface area contributed by atoms with Crippen molar-refractivity contribution in [1.82, 2.24) is 0 Å². The predicted molar refractivity (Wildman–Crippen MR) is 62.7 cm³/mol. The number of benzene rings is 1. The Bertz CT molecular complexity index is 405. The van der Waals surface area contributed by atoms with Crippen molar-refractivity contribution in [3.05, 3.63) is 23.8 Å². The van der Waals surface area contributed by atoms with Crippen molar-refractivity contribution in [3.63, 3.8) is 0 Å². The molecular weight excluding hydrogens is 247 g/mol. The van der Waals surface area contributed by atoms with E-state index in [1.165, 1.54) is 31.0 Å². The fourth-order valence-corrected chi connectivity index (χ4v) is 1.55. The third-order valence-electron chi connectivity index (χ3n) is 2.64. The Hall–Kier alpha value is -1.43. The highest BCUT2D eigenvalue weighted by Crippen LogP contribution is 2.29. The van der Waals surface area contributed by atoms with Crippen LogP contribution in [0.5, 0.6) is 5.75 Å². The van der Waals surface area contributed by atoms with Gasteiger partial charge in [-0.05, 0) is 13.0 Å². The zero-order valence-corrected chi connectivity index (χ0v) is 10.2. The van der Waals surface area contributed by atoms with Crippen molar-refractivity contribution in [2.24, 2.45) is 0 Å². The average Bonchev–Trinajstić information content (AvgIpc) is 2.24. The minimum absolute atomic E-state index is 0.124. The third kappa shape index (κ3) is 4.10. The van der Waals surface area contributed by atoms with Crippen LogP contribution in [0.1, 0.15) is 25.0 Å². The second kappa shape index (κ2) is 5.48. The van der Waals surface area contributed by atoms with Gasteiger partial charge in [0, 0.05) is 30.9 Å². The molecule has 0 aromatic heterocycles. The zero-order chi connectivity index (χ0) is 13.9. The summed E-state index contributed by atoms with van der Waals surface area (Å²) in [6.07, 6.45) is -5.93. The smallest absolute Gasteiger partial charge is 0.390 e. The molecule has 1 unspecified atom stereocenters. The summed E-state index contributed by atoms with van der Waals surface area (Å²) in [7, 11) is 1.52. The summed E-state index contributed by atoms with van der Waals surface area (Å²) in [5, 5.41) is 19.0. The summed E-state index contributed by atoms with van der Waals surface area (Å²) in [5.74, 6) is -0.124. The first-order valence-corrected chi connectivity index (χ1v) is 5.49. The molecule has 3 nitrogen and oxygen atoms in total. The van der Waals surface area contributed by atoms with Gasteiger partial charge in [-0.3, -0.25) is 0 Å². The standard InChI is InChI=1S/C12H16F3NO2/c1-8(17)10-4-3-9(7-11(10)18)16(2)6-5-12(13,14)15/h3-4,7-8,17-18H,5-6H2,1-2H3. The minimum atomic E-state index is -4.20. The van der Waals surface area contributed by atoms with E-state index in [9.17, 15) is 23.4 Å². The molecule has 18 heavy (non-hydrogen) atoms. The maximum atomic E-state index is 12.1. The molecular formula is C12H16F3NO2. The Balaban J connectivity index is 2.75. The number of phenols is 1. The molecule has 0 saturated heterocycles. The lowest BCUT2D eigenvalue weighted by Crippen LogP contribution is -2.23. The quantitative estimate of drug-likeness (QED) is 0.878. The van der Waals surface area contributed by atoms with E-state index in [0.717, 1.165) is 0 Å². The molecule has 1 atom stereocenters. The van der Waals surface area contributed by atoms with Crippen LogP contribution in [-0.4, -0.2) is 30.0 Å². The fraction of sp³-hybridized carbons (Fsp3) is 0.500. The van der Waals surface area contributed by atoms with Crippen molar-refractivity contribution in [3.8, 4) is 5.75 Å². The molecule has 0 aliphatic carbocycles. The van der Waals surface area contributed by atoms with Crippen LogP contribution in [0.2, 0.25) is 0 Å². The van der Waals surface area contributed by atoms with Crippen LogP contribution in [0.15, 0.2) is 18.2 Å². The molecule has 0 heterocycles. The van der Waals surface area contributed by atoms with Crippen molar-refractivity contribution < 1.29 is 23.4 Å². The largest absolute Gasteiger partial charge is 0.507 e. The van der Waals surface area contributed by atoms with Crippen molar-refractivity contribution >= 4 is 5.69 Å². The summed E-state index contributed by atoms with van der Waals surface area (Å²) in [5.41, 5.74) is 0.823. The Morgan fingerprint density at radius 1 is 1.33 bits per heavy atom. The molecule has 6 heteroatoms.